The van der Waals surface area contributed by atoms with Gasteiger partial charge in [-0.1, -0.05) is 35.9 Å². The average Bonchev–Trinajstić information content (AvgIpc) is 2.54. The molecule has 0 radical (unpaired) electrons. The Bertz CT molecular complexity index is 812. The molecule has 24 heavy (non-hydrogen) atoms. The molecule has 0 saturated heterocycles. The van der Waals surface area contributed by atoms with Gasteiger partial charge in [-0.05, 0) is 38.1 Å². The molecule has 2 N–H and O–H groups in total. The average molecular weight is 364 g/mol. The molecule has 4 nitrogen and oxygen atoms in total. The molecule has 0 aromatic heterocycles. The first-order valence-corrected chi connectivity index (χ1v) is 9.88. The minimum atomic E-state index is -3.66. The van der Waals surface area contributed by atoms with Crippen LogP contribution in [0.5, 0.6) is 0 Å². The highest BCUT2D eigenvalue weighted by Crippen LogP contribution is 2.31. The molecular weight excluding hydrogens is 342 g/mol. The summed E-state index contributed by atoms with van der Waals surface area (Å²) < 4.78 is 27.7. The maximum Gasteiger partial charge on any atom is 0.261 e. The summed E-state index contributed by atoms with van der Waals surface area (Å²) in [5.74, 6) is 0.375. The minimum Gasteiger partial charge on any atom is -0.385 e. The van der Waals surface area contributed by atoms with Gasteiger partial charge in [-0.25, -0.2) is 8.42 Å². The first-order chi connectivity index (χ1) is 11.2. The predicted molar refractivity (Wildman–Crippen MR) is 100.0 cm³/mol. The van der Waals surface area contributed by atoms with Crippen LogP contribution >= 0.6 is 11.8 Å². The van der Waals surface area contributed by atoms with Crippen molar-refractivity contribution in [3.63, 3.8) is 0 Å². The smallest absolute Gasteiger partial charge is 0.261 e. The Morgan fingerprint density at radius 1 is 1.21 bits per heavy atom. The molecule has 0 saturated carbocycles. The van der Waals surface area contributed by atoms with E-state index in [1.807, 2.05) is 19.1 Å². The van der Waals surface area contributed by atoms with Crippen molar-refractivity contribution in [2.45, 2.75) is 29.2 Å². The number of thioether (sulfide) groups is 1. The number of aliphatic hydroxyl groups is 1. The number of rotatable bonds is 7. The molecule has 1 atom stereocenters. The van der Waals surface area contributed by atoms with Gasteiger partial charge in [-0.2, -0.15) is 0 Å². The molecule has 0 fully saturated rings. The zero-order valence-electron chi connectivity index (χ0n) is 13.7. The number of anilines is 1. The van der Waals surface area contributed by atoms with Crippen LogP contribution < -0.4 is 4.72 Å². The Labute approximate surface area is 147 Å². The standard InChI is InChI=1S/C18H21NO3S2/c1-4-18(3,20)13-23-17-8-6-5-7-16(17)19-24(21,22)15-11-9-14(2)10-12-15/h4-12,19-20H,1,13H2,2-3H3. The van der Waals surface area contributed by atoms with Gasteiger partial charge in [-0.15, -0.1) is 18.3 Å². The first kappa shape index (κ1) is 18.6. The third kappa shape index (κ3) is 4.87. The van der Waals surface area contributed by atoms with Gasteiger partial charge in [-0.3, -0.25) is 4.72 Å². The van der Waals surface area contributed by atoms with E-state index in [-0.39, 0.29) is 4.90 Å². The van der Waals surface area contributed by atoms with E-state index in [1.54, 1.807) is 43.3 Å². The van der Waals surface area contributed by atoms with Gasteiger partial charge in [0.15, 0.2) is 0 Å². The largest absolute Gasteiger partial charge is 0.385 e. The van der Waals surface area contributed by atoms with Crippen molar-refractivity contribution in [1.29, 1.82) is 0 Å². The summed E-state index contributed by atoms with van der Waals surface area (Å²) in [5.41, 5.74) is 0.465. The third-order valence-electron chi connectivity index (χ3n) is 3.42. The number of aryl methyl sites for hydroxylation is 1. The van der Waals surface area contributed by atoms with Crippen LogP contribution in [-0.2, 0) is 10.0 Å². The molecule has 0 aliphatic heterocycles. The lowest BCUT2D eigenvalue weighted by Crippen LogP contribution is -2.23. The zero-order chi connectivity index (χ0) is 17.8. The SMILES string of the molecule is C=CC(C)(O)CSc1ccccc1NS(=O)(=O)c1ccc(C)cc1. The van der Waals surface area contributed by atoms with E-state index in [4.69, 9.17) is 0 Å². The molecule has 0 aliphatic carbocycles. The summed E-state index contributed by atoms with van der Waals surface area (Å²) in [6.07, 6.45) is 1.47. The summed E-state index contributed by atoms with van der Waals surface area (Å²) in [5, 5.41) is 10.0. The first-order valence-electron chi connectivity index (χ1n) is 7.41. The number of benzene rings is 2. The van der Waals surface area contributed by atoms with Crippen LogP contribution in [0.2, 0.25) is 0 Å². The maximum absolute atomic E-state index is 12.5. The minimum absolute atomic E-state index is 0.214. The van der Waals surface area contributed by atoms with Gasteiger partial charge in [0.25, 0.3) is 10.0 Å². The Morgan fingerprint density at radius 2 is 1.83 bits per heavy atom. The fourth-order valence-electron chi connectivity index (χ4n) is 1.88. The molecule has 0 amide bonds. The zero-order valence-corrected chi connectivity index (χ0v) is 15.3. The van der Waals surface area contributed by atoms with Crippen molar-refractivity contribution in [3.05, 3.63) is 66.7 Å². The van der Waals surface area contributed by atoms with Crippen molar-refractivity contribution in [2.24, 2.45) is 0 Å². The van der Waals surface area contributed by atoms with Gasteiger partial charge < -0.3 is 5.11 Å². The third-order valence-corrected chi connectivity index (χ3v) is 6.20. The van der Waals surface area contributed by atoms with Gasteiger partial charge >= 0.3 is 0 Å². The highest BCUT2D eigenvalue weighted by atomic mass is 32.2. The molecule has 0 spiro atoms. The molecule has 0 aliphatic rings. The van der Waals surface area contributed by atoms with Crippen LogP contribution in [0.15, 0.2) is 71.0 Å². The van der Waals surface area contributed by atoms with E-state index in [9.17, 15) is 13.5 Å². The quantitative estimate of drug-likeness (QED) is 0.580. The topological polar surface area (TPSA) is 66.4 Å². The van der Waals surface area contributed by atoms with Gasteiger partial charge in [0.1, 0.15) is 0 Å². The second-order valence-electron chi connectivity index (χ2n) is 5.76. The lowest BCUT2D eigenvalue weighted by Gasteiger charge is -2.19. The van der Waals surface area contributed by atoms with Gasteiger partial charge in [0.2, 0.25) is 0 Å². The second kappa shape index (κ2) is 7.42. The molecule has 6 heteroatoms. The van der Waals surface area contributed by atoms with Gasteiger partial charge in [0, 0.05) is 10.6 Å². The molecular formula is C18H21NO3S2. The number of hydrogen-bond donors (Lipinski definition) is 2. The lowest BCUT2D eigenvalue weighted by molar-refractivity contribution is 0.138. The number of nitrogens with one attached hydrogen (secondary N) is 1. The van der Waals surface area contributed by atoms with Crippen molar-refractivity contribution in [3.8, 4) is 0 Å². The Kier molecular flexibility index (Phi) is 5.74. The molecule has 0 bridgehead atoms. The fraction of sp³-hybridized carbons (Fsp3) is 0.222. The van der Waals surface area contributed by atoms with E-state index in [0.29, 0.717) is 11.4 Å². The number of sulfonamides is 1. The second-order valence-corrected chi connectivity index (χ2v) is 8.46. The molecule has 0 heterocycles. The van der Waals surface area contributed by atoms with E-state index in [2.05, 4.69) is 11.3 Å². The number of para-hydroxylation sites is 1. The van der Waals surface area contributed by atoms with E-state index in [1.165, 1.54) is 17.8 Å². The van der Waals surface area contributed by atoms with Crippen LogP contribution in [-0.4, -0.2) is 24.9 Å². The highest BCUT2D eigenvalue weighted by molar-refractivity contribution is 7.99. The van der Waals surface area contributed by atoms with Crippen molar-refractivity contribution < 1.29 is 13.5 Å². The van der Waals surface area contributed by atoms with Crippen LogP contribution in [0.4, 0.5) is 5.69 Å². The summed E-state index contributed by atoms with van der Waals surface area (Å²) in [4.78, 5) is 0.960. The van der Waals surface area contributed by atoms with E-state index >= 15 is 0 Å². The fourth-order valence-corrected chi connectivity index (χ4v) is 4.04. The molecule has 2 rings (SSSR count). The Hall–Kier alpha value is -1.76. The van der Waals surface area contributed by atoms with Crippen LogP contribution in [0.25, 0.3) is 0 Å². The van der Waals surface area contributed by atoms with Crippen molar-refractivity contribution >= 4 is 27.5 Å². The summed E-state index contributed by atoms with van der Waals surface area (Å²) in [7, 11) is -3.66. The van der Waals surface area contributed by atoms with Crippen LogP contribution in [0.3, 0.4) is 0 Å². The van der Waals surface area contributed by atoms with Crippen molar-refractivity contribution in [2.75, 3.05) is 10.5 Å². The Balaban J connectivity index is 2.23. The normalized spacial score (nSPS) is 14.0. The van der Waals surface area contributed by atoms with Crippen LogP contribution in [0, 0.1) is 6.92 Å². The molecule has 2 aromatic carbocycles. The highest BCUT2D eigenvalue weighted by Gasteiger charge is 2.19. The lowest BCUT2D eigenvalue weighted by atomic mass is 10.1. The Morgan fingerprint density at radius 3 is 2.46 bits per heavy atom. The van der Waals surface area contributed by atoms with Gasteiger partial charge in [0.05, 0.1) is 16.2 Å². The monoisotopic (exact) mass is 363 g/mol. The summed E-state index contributed by atoms with van der Waals surface area (Å²) in [6.45, 7) is 7.16. The summed E-state index contributed by atoms with van der Waals surface area (Å²) >= 11 is 1.37. The van der Waals surface area contributed by atoms with Crippen LogP contribution in [0.1, 0.15) is 12.5 Å². The number of hydrogen-bond acceptors (Lipinski definition) is 4. The van der Waals surface area contributed by atoms with E-state index < -0.39 is 15.6 Å². The maximum atomic E-state index is 12.5. The van der Waals surface area contributed by atoms with E-state index in [0.717, 1.165) is 10.5 Å². The summed E-state index contributed by atoms with van der Waals surface area (Å²) in [6, 6.07) is 13.8. The molecule has 2 aromatic rings. The van der Waals surface area contributed by atoms with Crippen molar-refractivity contribution in [1.82, 2.24) is 0 Å². The molecule has 1 unspecified atom stereocenters. The molecule has 128 valence electrons. The predicted octanol–water partition coefficient (Wildman–Crippen LogP) is 3.82.